The number of carbonyl (C=O) groups is 2. The monoisotopic (exact) mass is 352 g/mol. The molecule has 0 fully saturated rings. The van der Waals surface area contributed by atoms with Crippen molar-refractivity contribution in [3.8, 4) is 0 Å². The van der Waals surface area contributed by atoms with Gasteiger partial charge in [-0.1, -0.05) is 44.2 Å². The first-order chi connectivity index (χ1) is 12.4. The topological polar surface area (TPSA) is 49.4 Å². The van der Waals surface area contributed by atoms with Crippen molar-refractivity contribution in [3.63, 3.8) is 0 Å². The fourth-order valence-corrected chi connectivity index (χ4v) is 3.11. The molecule has 0 heterocycles. The summed E-state index contributed by atoms with van der Waals surface area (Å²) in [5.74, 6) is -0.321. The third-order valence-electron chi connectivity index (χ3n) is 4.58. The second-order valence-electron chi connectivity index (χ2n) is 6.60. The Hall–Kier alpha value is -2.62. The lowest BCUT2D eigenvalue weighted by Gasteiger charge is -2.26. The summed E-state index contributed by atoms with van der Waals surface area (Å²) in [4.78, 5) is 26.6. The standard InChI is InChI=1S/C22H28N2O2/c1-6-18-9-8-10-19(7-2)22(18)24(17(5)25)14-21(26)23-20-13-15(3)11-12-16(20)4/h8-13H,6-7,14H2,1-5H3,(H,23,26). The van der Waals surface area contributed by atoms with Crippen molar-refractivity contribution in [2.24, 2.45) is 0 Å². The predicted octanol–water partition coefficient (Wildman–Crippen LogP) is 4.42. The van der Waals surface area contributed by atoms with Crippen LogP contribution in [-0.2, 0) is 22.4 Å². The quantitative estimate of drug-likeness (QED) is 0.836. The van der Waals surface area contributed by atoms with Crippen molar-refractivity contribution in [2.45, 2.75) is 47.5 Å². The van der Waals surface area contributed by atoms with Gasteiger partial charge in [-0.05, 0) is 55.0 Å². The minimum Gasteiger partial charge on any atom is -0.324 e. The number of aryl methyl sites for hydroxylation is 4. The van der Waals surface area contributed by atoms with E-state index in [9.17, 15) is 9.59 Å². The van der Waals surface area contributed by atoms with E-state index in [4.69, 9.17) is 0 Å². The summed E-state index contributed by atoms with van der Waals surface area (Å²) in [5, 5.41) is 2.95. The lowest BCUT2D eigenvalue weighted by atomic mass is 10.0. The van der Waals surface area contributed by atoms with Gasteiger partial charge in [0.2, 0.25) is 11.8 Å². The number of amides is 2. The summed E-state index contributed by atoms with van der Waals surface area (Å²) in [7, 11) is 0. The highest BCUT2D eigenvalue weighted by Crippen LogP contribution is 2.27. The number of nitrogens with zero attached hydrogens (tertiary/aromatic N) is 1. The number of hydrogen-bond donors (Lipinski definition) is 1. The van der Waals surface area contributed by atoms with Crippen LogP contribution in [0.5, 0.6) is 0 Å². The first kappa shape index (κ1) is 19.7. The Bertz CT molecular complexity index is 790. The van der Waals surface area contributed by atoms with Gasteiger partial charge in [0, 0.05) is 12.6 Å². The number of hydrogen-bond acceptors (Lipinski definition) is 2. The molecule has 0 aliphatic carbocycles. The van der Waals surface area contributed by atoms with Gasteiger partial charge in [0.1, 0.15) is 6.54 Å². The van der Waals surface area contributed by atoms with E-state index in [2.05, 4.69) is 19.2 Å². The Morgan fingerprint density at radius 3 is 2.15 bits per heavy atom. The molecule has 4 heteroatoms. The lowest BCUT2D eigenvalue weighted by Crippen LogP contribution is -2.38. The molecule has 2 aromatic carbocycles. The van der Waals surface area contributed by atoms with E-state index in [1.165, 1.54) is 6.92 Å². The SMILES string of the molecule is CCc1cccc(CC)c1N(CC(=O)Nc1cc(C)ccc1C)C(C)=O. The zero-order chi connectivity index (χ0) is 19.3. The van der Waals surface area contributed by atoms with Crippen molar-refractivity contribution in [2.75, 3.05) is 16.8 Å². The molecule has 0 aliphatic rings. The van der Waals surface area contributed by atoms with Crippen LogP contribution in [0, 0.1) is 13.8 Å². The van der Waals surface area contributed by atoms with Crippen molar-refractivity contribution >= 4 is 23.2 Å². The normalized spacial score (nSPS) is 10.5. The van der Waals surface area contributed by atoms with E-state index in [-0.39, 0.29) is 18.4 Å². The number of nitrogens with one attached hydrogen (secondary N) is 1. The second-order valence-corrected chi connectivity index (χ2v) is 6.60. The van der Waals surface area contributed by atoms with Gasteiger partial charge >= 0.3 is 0 Å². The zero-order valence-electron chi connectivity index (χ0n) is 16.3. The van der Waals surface area contributed by atoms with Crippen LogP contribution in [-0.4, -0.2) is 18.4 Å². The molecular weight excluding hydrogens is 324 g/mol. The van der Waals surface area contributed by atoms with E-state index in [1.807, 2.05) is 50.2 Å². The largest absolute Gasteiger partial charge is 0.324 e. The highest BCUT2D eigenvalue weighted by Gasteiger charge is 2.21. The molecule has 2 amide bonds. The molecule has 0 saturated heterocycles. The van der Waals surface area contributed by atoms with Gasteiger partial charge in [0.25, 0.3) is 0 Å². The number of anilines is 2. The predicted molar refractivity (Wildman–Crippen MR) is 108 cm³/mol. The van der Waals surface area contributed by atoms with Crippen molar-refractivity contribution in [3.05, 3.63) is 58.7 Å². The van der Waals surface area contributed by atoms with E-state index in [0.29, 0.717) is 0 Å². The van der Waals surface area contributed by atoms with Gasteiger partial charge in [-0.2, -0.15) is 0 Å². The summed E-state index contributed by atoms with van der Waals surface area (Å²) in [5.41, 5.74) is 5.91. The van der Waals surface area contributed by atoms with Crippen LogP contribution < -0.4 is 10.2 Å². The molecule has 0 atom stereocenters. The molecule has 0 radical (unpaired) electrons. The zero-order valence-corrected chi connectivity index (χ0v) is 16.3. The molecule has 0 spiro atoms. The highest BCUT2D eigenvalue weighted by atomic mass is 16.2. The van der Waals surface area contributed by atoms with Crippen LogP contribution in [0.3, 0.4) is 0 Å². The molecule has 0 unspecified atom stereocenters. The number of para-hydroxylation sites is 1. The second kappa shape index (κ2) is 8.65. The summed E-state index contributed by atoms with van der Waals surface area (Å²) in [6, 6.07) is 12.0. The smallest absolute Gasteiger partial charge is 0.244 e. The Labute approximate surface area is 156 Å². The summed E-state index contributed by atoms with van der Waals surface area (Å²) >= 11 is 0. The molecule has 138 valence electrons. The molecule has 2 rings (SSSR count). The van der Waals surface area contributed by atoms with Crippen LogP contribution in [0.25, 0.3) is 0 Å². The summed E-state index contributed by atoms with van der Waals surface area (Å²) < 4.78 is 0. The molecule has 0 aliphatic heterocycles. The first-order valence-electron chi connectivity index (χ1n) is 9.13. The fourth-order valence-electron chi connectivity index (χ4n) is 3.11. The Morgan fingerprint density at radius 1 is 1.00 bits per heavy atom. The maximum Gasteiger partial charge on any atom is 0.244 e. The third kappa shape index (κ3) is 4.51. The van der Waals surface area contributed by atoms with Gasteiger partial charge in [0.15, 0.2) is 0 Å². The van der Waals surface area contributed by atoms with Crippen LogP contribution >= 0.6 is 0 Å². The fraction of sp³-hybridized carbons (Fsp3) is 0.364. The maximum absolute atomic E-state index is 12.7. The Balaban J connectivity index is 2.31. The molecule has 1 N–H and O–H groups in total. The third-order valence-corrected chi connectivity index (χ3v) is 4.58. The summed E-state index contributed by atoms with van der Waals surface area (Å²) in [6.07, 6.45) is 1.62. The van der Waals surface area contributed by atoms with Crippen LogP contribution in [0.4, 0.5) is 11.4 Å². The molecule has 0 saturated carbocycles. The van der Waals surface area contributed by atoms with Gasteiger partial charge in [-0.3, -0.25) is 9.59 Å². The van der Waals surface area contributed by atoms with Gasteiger partial charge in [0.05, 0.1) is 5.69 Å². The number of benzene rings is 2. The van der Waals surface area contributed by atoms with Crippen LogP contribution in [0.1, 0.15) is 43.0 Å². The van der Waals surface area contributed by atoms with Crippen molar-refractivity contribution < 1.29 is 9.59 Å². The van der Waals surface area contributed by atoms with Gasteiger partial charge in [-0.15, -0.1) is 0 Å². The summed E-state index contributed by atoms with van der Waals surface area (Å²) in [6.45, 7) is 9.59. The highest BCUT2D eigenvalue weighted by molar-refractivity contribution is 6.03. The van der Waals surface area contributed by atoms with Crippen molar-refractivity contribution in [1.82, 2.24) is 0 Å². The van der Waals surface area contributed by atoms with E-state index in [0.717, 1.165) is 46.5 Å². The van der Waals surface area contributed by atoms with Gasteiger partial charge < -0.3 is 10.2 Å². The van der Waals surface area contributed by atoms with E-state index in [1.54, 1.807) is 4.90 Å². The molecule has 4 nitrogen and oxygen atoms in total. The van der Waals surface area contributed by atoms with Crippen LogP contribution in [0.2, 0.25) is 0 Å². The molecule has 0 aromatic heterocycles. The Kier molecular flexibility index (Phi) is 6.56. The first-order valence-corrected chi connectivity index (χ1v) is 9.13. The molecule has 0 bridgehead atoms. The van der Waals surface area contributed by atoms with E-state index < -0.39 is 0 Å². The molecule has 2 aromatic rings. The molecular formula is C22H28N2O2. The Morgan fingerprint density at radius 2 is 1.62 bits per heavy atom. The maximum atomic E-state index is 12.7. The minimum atomic E-state index is -0.193. The number of rotatable bonds is 6. The van der Waals surface area contributed by atoms with E-state index >= 15 is 0 Å². The lowest BCUT2D eigenvalue weighted by molar-refractivity contribution is -0.120. The number of carbonyl (C=O) groups excluding carboxylic acids is 2. The van der Waals surface area contributed by atoms with Gasteiger partial charge in [-0.25, -0.2) is 0 Å². The minimum absolute atomic E-state index is 0.00668. The average molecular weight is 352 g/mol. The van der Waals surface area contributed by atoms with Crippen LogP contribution in [0.15, 0.2) is 36.4 Å². The molecule has 26 heavy (non-hydrogen) atoms. The average Bonchev–Trinajstić information content (AvgIpc) is 2.61. The van der Waals surface area contributed by atoms with Crippen molar-refractivity contribution in [1.29, 1.82) is 0 Å².